The molecule has 9 heteroatoms. The molecule has 1 N–H and O–H groups in total. The van der Waals surface area contributed by atoms with Crippen LogP contribution in [-0.2, 0) is 4.79 Å². The summed E-state index contributed by atoms with van der Waals surface area (Å²) in [6.07, 6.45) is 4.81. The van der Waals surface area contributed by atoms with Gasteiger partial charge in [0.25, 0.3) is 0 Å². The van der Waals surface area contributed by atoms with Crippen LogP contribution in [0.3, 0.4) is 0 Å². The summed E-state index contributed by atoms with van der Waals surface area (Å²) in [7, 11) is 0. The minimum Gasteiger partial charge on any atom is -0.512 e. The van der Waals surface area contributed by atoms with Crippen molar-refractivity contribution in [1.82, 2.24) is 14.3 Å². The van der Waals surface area contributed by atoms with Gasteiger partial charge < -0.3 is 14.9 Å². The van der Waals surface area contributed by atoms with Crippen molar-refractivity contribution in [3.63, 3.8) is 0 Å². The Bertz CT molecular complexity index is 1270. The monoisotopic (exact) mass is 470 g/mol. The first kappa shape index (κ1) is 20.9. The summed E-state index contributed by atoms with van der Waals surface area (Å²) < 4.78 is 20.2. The van der Waals surface area contributed by atoms with Gasteiger partial charge in [0, 0.05) is 66.8 Å². The van der Waals surface area contributed by atoms with E-state index in [9.17, 15) is 9.90 Å². The number of piperazine rings is 1. The lowest BCUT2D eigenvalue weighted by Crippen LogP contribution is -2.48. The Kier molecular flexibility index (Phi) is 5.35. The molecule has 1 aromatic carbocycles. The summed E-state index contributed by atoms with van der Waals surface area (Å²) in [6.45, 7) is 5.92. The second-order valence-electron chi connectivity index (χ2n) is 7.86. The summed E-state index contributed by atoms with van der Waals surface area (Å²) in [5, 5.41) is 12.0. The number of benzene rings is 1. The first-order valence-corrected chi connectivity index (χ1v) is 11.4. The fourth-order valence-corrected chi connectivity index (χ4v) is 5.69. The Morgan fingerprint density at radius 2 is 2.12 bits per heavy atom. The van der Waals surface area contributed by atoms with Crippen molar-refractivity contribution in [3.05, 3.63) is 70.5 Å². The number of hydrogen-bond donors (Lipinski definition) is 1. The van der Waals surface area contributed by atoms with Gasteiger partial charge >= 0.3 is 0 Å². The molecule has 1 aliphatic carbocycles. The van der Waals surface area contributed by atoms with Gasteiger partial charge in [0.2, 0.25) is 5.91 Å². The maximum Gasteiger partial charge on any atom is 0.246 e. The van der Waals surface area contributed by atoms with Crippen LogP contribution < -0.4 is 4.90 Å². The maximum absolute atomic E-state index is 15.8. The van der Waals surface area contributed by atoms with Crippen LogP contribution in [0.15, 0.2) is 42.8 Å². The number of carbonyl (C=O) groups is 1. The molecule has 1 unspecified atom stereocenters. The van der Waals surface area contributed by atoms with Crippen LogP contribution in [0.5, 0.6) is 0 Å². The van der Waals surface area contributed by atoms with Crippen molar-refractivity contribution in [2.24, 2.45) is 0 Å². The van der Waals surface area contributed by atoms with Crippen LogP contribution in [-0.4, -0.2) is 51.5 Å². The van der Waals surface area contributed by atoms with Crippen molar-refractivity contribution in [3.8, 4) is 0 Å². The van der Waals surface area contributed by atoms with E-state index >= 15 is 4.39 Å². The predicted molar refractivity (Wildman–Crippen MR) is 125 cm³/mol. The van der Waals surface area contributed by atoms with E-state index in [1.807, 2.05) is 6.07 Å². The van der Waals surface area contributed by atoms with Crippen molar-refractivity contribution in [2.45, 2.75) is 12.3 Å². The van der Waals surface area contributed by atoms with Crippen LogP contribution in [0.2, 0.25) is 5.02 Å². The average Bonchev–Trinajstić information content (AvgIpc) is 3.22. The standard InChI is InChI=1S/C23H20ClFN4O2S/c1-2-19(31)28-6-8-29(9-7-28)23-16-12-17(24)20(21(25)22(16)27-32-23)15-10-13(30)11-18-14(15)4-3-5-26-18/h2-5,11-12,15,30H,1,6-10H2. The number of halogens is 2. The van der Waals surface area contributed by atoms with Gasteiger partial charge in [-0.15, -0.1) is 0 Å². The molecule has 3 aromatic rings. The van der Waals surface area contributed by atoms with E-state index in [0.717, 1.165) is 10.6 Å². The smallest absolute Gasteiger partial charge is 0.246 e. The lowest BCUT2D eigenvalue weighted by Gasteiger charge is -2.34. The first-order valence-electron chi connectivity index (χ1n) is 10.3. The van der Waals surface area contributed by atoms with E-state index in [4.69, 9.17) is 11.6 Å². The molecule has 0 radical (unpaired) electrons. The number of anilines is 1. The molecule has 1 atom stereocenters. The van der Waals surface area contributed by atoms with E-state index in [2.05, 4.69) is 20.8 Å². The summed E-state index contributed by atoms with van der Waals surface area (Å²) in [6, 6.07) is 5.44. The lowest BCUT2D eigenvalue weighted by atomic mass is 9.83. The highest BCUT2D eigenvalue weighted by Gasteiger charge is 2.31. The second kappa shape index (κ2) is 8.18. The fraction of sp³-hybridized carbons (Fsp3) is 0.261. The zero-order valence-corrected chi connectivity index (χ0v) is 18.7. The molecule has 3 heterocycles. The minimum atomic E-state index is -0.468. The Morgan fingerprint density at radius 1 is 1.34 bits per heavy atom. The number of fused-ring (bicyclic) bond motifs is 2. The molecule has 5 rings (SSSR count). The predicted octanol–water partition coefficient (Wildman–Crippen LogP) is 4.75. The van der Waals surface area contributed by atoms with E-state index in [0.29, 0.717) is 47.8 Å². The minimum absolute atomic E-state index is 0.0860. The molecule has 2 aliphatic rings. The molecule has 1 amide bonds. The fourth-order valence-electron chi connectivity index (χ4n) is 4.46. The van der Waals surface area contributed by atoms with Crippen LogP contribution in [0.4, 0.5) is 9.39 Å². The summed E-state index contributed by atoms with van der Waals surface area (Å²) in [5.41, 5.74) is 2.03. The van der Waals surface area contributed by atoms with Gasteiger partial charge in [-0.2, -0.15) is 4.37 Å². The zero-order valence-electron chi connectivity index (χ0n) is 17.1. The molecule has 0 bridgehead atoms. The number of aliphatic hydroxyl groups is 1. The molecule has 32 heavy (non-hydrogen) atoms. The van der Waals surface area contributed by atoms with Crippen molar-refractivity contribution in [1.29, 1.82) is 0 Å². The topological polar surface area (TPSA) is 69.6 Å². The second-order valence-corrected chi connectivity index (χ2v) is 9.02. The van der Waals surface area contributed by atoms with Crippen LogP contribution in [0, 0.1) is 5.82 Å². The van der Waals surface area contributed by atoms with Crippen molar-refractivity contribution in [2.75, 3.05) is 31.1 Å². The van der Waals surface area contributed by atoms with Gasteiger partial charge in [0.15, 0.2) is 5.82 Å². The molecule has 6 nitrogen and oxygen atoms in total. The van der Waals surface area contributed by atoms with E-state index in [1.165, 1.54) is 17.6 Å². The lowest BCUT2D eigenvalue weighted by molar-refractivity contribution is -0.126. The SMILES string of the molecule is C=CC(=O)N1CCN(c2snc3c(F)c(C4CC(O)=Cc5ncccc54)c(Cl)cc23)CC1. The molecule has 2 aromatic heterocycles. The van der Waals surface area contributed by atoms with E-state index in [1.54, 1.807) is 29.3 Å². The quantitative estimate of drug-likeness (QED) is 0.559. The third kappa shape index (κ3) is 3.43. The number of allylic oxidation sites excluding steroid dienone is 1. The zero-order chi connectivity index (χ0) is 22.4. The highest BCUT2D eigenvalue weighted by atomic mass is 35.5. The number of nitrogens with zero attached hydrogens (tertiary/aromatic N) is 4. The summed E-state index contributed by atoms with van der Waals surface area (Å²) in [4.78, 5) is 20.0. The van der Waals surface area contributed by atoms with Crippen LogP contribution in [0.25, 0.3) is 17.0 Å². The highest BCUT2D eigenvalue weighted by Crippen LogP contribution is 2.44. The largest absolute Gasteiger partial charge is 0.512 e. The Labute approximate surface area is 193 Å². The van der Waals surface area contributed by atoms with Crippen LogP contribution in [0.1, 0.15) is 29.2 Å². The van der Waals surface area contributed by atoms with Crippen molar-refractivity contribution < 1.29 is 14.3 Å². The number of pyridine rings is 1. The van der Waals surface area contributed by atoms with E-state index < -0.39 is 11.7 Å². The number of hydrogen-bond acceptors (Lipinski definition) is 6. The van der Waals surface area contributed by atoms with Gasteiger partial charge in [0.05, 0.1) is 11.5 Å². The number of aromatic nitrogens is 2. The molecule has 1 saturated heterocycles. The third-order valence-electron chi connectivity index (χ3n) is 6.05. The van der Waals surface area contributed by atoms with Gasteiger partial charge in [-0.1, -0.05) is 24.2 Å². The molecule has 0 saturated carbocycles. The van der Waals surface area contributed by atoms with Crippen molar-refractivity contribution >= 4 is 51.0 Å². The molecule has 164 valence electrons. The third-order valence-corrected chi connectivity index (χ3v) is 7.28. The molecular weight excluding hydrogens is 451 g/mol. The average molecular weight is 471 g/mol. The maximum atomic E-state index is 15.8. The normalized spacial score (nSPS) is 18.4. The first-order chi connectivity index (χ1) is 15.5. The van der Waals surface area contributed by atoms with Gasteiger partial charge in [-0.05, 0) is 35.3 Å². The molecule has 0 spiro atoms. The van der Waals surface area contributed by atoms with Gasteiger partial charge in [0.1, 0.15) is 10.5 Å². The van der Waals surface area contributed by atoms with Gasteiger partial charge in [-0.25, -0.2) is 4.39 Å². The number of amides is 1. The molecule has 1 fully saturated rings. The Balaban J connectivity index is 1.52. The van der Waals surface area contributed by atoms with E-state index in [-0.39, 0.29) is 23.6 Å². The summed E-state index contributed by atoms with van der Waals surface area (Å²) in [5.74, 6) is -0.857. The van der Waals surface area contributed by atoms with Gasteiger partial charge in [-0.3, -0.25) is 9.78 Å². The number of aliphatic hydroxyl groups excluding tert-OH is 1. The summed E-state index contributed by atoms with van der Waals surface area (Å²) >= 11 is 7.87. The highest BCUT2D eigenvalue weighted by molar-refractivity contribution is 7.11. The van der Waals surface area contributed by atoms with Crippen LogP contribution >= 0.6 is 23.1 Å². The number of carbonyl (C=O) groups excluding carboxylic acids is 1. The number of rotatable bonds is 3. The molecule has 1 aliphatic heterocycles. The molecular formula is C23H20ClFN4O2S. The Morgan fingerprint density at radius 3 is 2.88 bits per heavy atom. The Hall–Kier alpha value is -2.97.